The summed E-state index contributed by atoms with van der Waals surface area (Å²) < 4.78 is 0. The quantitative estimate of drug-likeness (QED) is 0.169. The van der Waals surface area contributed by atoms with Gasteiger partial charge in [-0.05, 0) is 115 Å². The first kappa shape index (κ1) is 33.3. The molecular weight excluding hydrogens is 701 g/mol. The highest BCUT2D eigenvalue weighted by Gasteiger charge is 2.38. The number of fused-ring (bicyclic) bond motifs is 10. The fourth-order valence-electron chi connectivity index (χ4n) is 10.4. The summed E-state index contributed by atoms with van der Waals surface area (Å²) in [6, 6.07) is 62.7. The van der Waals surface area contributed by atoms with Crippen LogP contribution in [0.5, 0.6) is 0 Å². The zero-order chi connectivity index (χ0) is 38.9. The Hall–Kier alpha value is -6.90. The van der Waals surface area contributed by atoms with Crippen LogP contribution in [0.3, 0.4) is 0 Å². The van der Waals surface area contributed by atoms with Crippen LogP contribution >= 0.6 is 0 Å². The second-order valence-corrected chi connectivity index (χ2v) is 17.3. The molecule has 0 spiro atoms. The molecule has 0 bridgehead atoms. The summed E-state index contributed by atoms with van der Waals surface area (Å²) >= 11 is 0. The number of para-hydroxylation sites is 4. The van der Waals surface area contributed by atoms with Gasteiger partial charge in [0.2, 0.25) is 0 Å². The summed E-state index contributed by atoms with van der Waals surface area (Å²) in [5.41, 5.74) is 22.1. The third kappa shape index (κ3) is 4.60. The molecule has 2 aromatic heterocycles. The number of benzene rings is 8. The number of nitrogens with zero attached hydrogens (tertiary/aromatic N) is 2. The van der Waals surface area contributed by atoms with Gasteiger partial charge in [0.15, 0.2) is 0 Å². The molecule has 0 N–H and O–H groups in total. The number of hydrogen-bond acceptors (Lipinski definition) is 2. The normalized spacial score (nSPS) is 14.5. The molecular formula is C56H40N2. The third-order valence-electron chi connectivity index (χ3n) is 13.4. The molecule has 2 nitrogen and oxygen atoms in total. The van der Waals surface area contributed by atoms with Crippen LogP contribution in [0.2, 0.25) is 0 Å². The summed E-state index contributed by atoms with van der Waals surface area (Å²) in [6.07, 6.45) is 0. The Morgan fingerprint density at radius 1 is 0.293 bits per heavy atom. The summed E-state index contributed by atoms with van der Waals surface area (Å²) in [5.74, 6) is 0. The molecule has 274 valence electrons. The Kier molecular flexibility index (Phi) is 6.78. The first-order chi connectivity index (χ1) is 28.3. The van der Waals surface area contributed by atoms with Gasteiger partial charge in [0.05, 0.1) is 22.1 Å². The maximum Gasteiger partial charge on any atom is 0.0715 e. The fourth-order valence-corrected chi connectivity index (χ4v) is 10.4. The van der Waals surface area contributed by atoms with Gasteiger partial charge in [-0.3, -0.25) is 0 Å². The highest BCUT2D eigenvalue weighted by molar-refractivity contribution is 6.11. The van der Waals surface area contributed by atoms with Gasteiger partial charge in [0.25, 0.3) is 0 Å². The first-order valence-corrected chi connectivity index (χ1v) is 20.4. The van der Waals surface area contributed by atoms with E-state index in [2.05, 4.69) is 198 Å². The molecule has 2 aliphatic rings. The number of aromatic nitrogens is 2. The van der Waals surface area contributed by atoms with Crippen molar-refractivity contribution < 1.29 is 0 Å². The van der Waals surface area contributed by atoms with Crippen LogP contribution in [-0.4, -0.2) is 9.97 Å². The second-order valence-electron chi connectivity index (χ2n) is 17.3. The van der Waals surface area contributed by atoms with E-state index in [1.165, 1.54) is 99.4 Å². The summed E-state index contributed by atoms with van der Waals surface area (Å²) in [4.78, 5) is 10.0. The molecule has 0 aliphatic heterocycles. The Labute approximate surface area is 338 Å². The van der Waals surface area contributed by atoms with Crippen LogP contribution in [0.15, 0.2) is 170 Å². The average molecular weight is 741 g/mol. The molecule has 0 saturated carbocycles. The summed E-state index contributed by atoms with van der Waals surface area (Å²) in [7, 11) is 0. The minimum atomic E-state index is -0.167. The predicted octanol–water partition coefficient (Wildman–Crippen LogP) is 14.7. The molecule has 58 heavy (non-hydrogen) atoms. The Morgan fingerprint density at radius 3 is 0.862 bits per heavy atom. The van der Waals surface area contributed by atoms with Crippen molar-refractivity contribution in [3.05, 3.63) is 192 Å². The highest BCUT2D eigenvalue weighted by atomic mass is 14.7. The van der Waals surface area contributed by atoms with Gasteiger partial charge in [-0.15, -0.1) is 0 Å². The second kappa shape index (κ2) is 11.8. The standard InChI is InChI=1S/C56H40N2/c1-55(2)45-29-33(21-25-37(45)39-27-23-35(31-47(39)55)53-41-13-5-9-17-49(41)57-50-18-10-6-14-42(50)53)34-22-26-38-40-28-24-36(32-48(40)56(3,4)46(38)30-34)54-43-15-7-11-19-51(43)58-52-20-12-8-16-44(52)54/h5-32H,1-4H3. The van der Waals surface area contributed by atoms with Crippen molar-refractivity contribution in [2.24, 2.45) is 0 Å². The largest absolute Gasteiger partial charge is 0.248 e. The van der Waals surface area contributed by atoms with E-state index in [1.807, 2.05) is 0 Å². The molecule has 12 rings (SSSR count). The summed E-state index contributed by atoms with van der Waals surface area (Å²) in [6.45, 7) is 9.57. The van der Waals surface area contributed by atoms with Crippen molar-refractivity contribution in [1.82, 2.24) is 9.97 Å². The number of rotatable bonds is 3. The number of hydrogen-bond donors (Lipinski definition) is 0. The van der Waals surface area contributed by atoms with Crippen molar-refractivity contribution >= 4 is 43.6 Å². The maximum absolute atomic E-state index is 5.01. The topological polar surface area (TPSA) is 25.8 Å². The molecule has 0 saturated heterocycles. The molecule has 0 unspecified atom stereocenters. The van der Waals surface area contributed by atoms with Gasteiger partial charge in [0.1, 0.15) is 0 Å². The first-order valence-electron chi connectivity index (χ1n) is 20.4. The van der Waals surface area contributed by atoms with Crippen molar-refractivity contribution in [3.63, 3.8) is 0 Å². The zero-order valence-electron chi connectivity index (χ0n) is 33.1. The van der Waals surface area contributed by atoms with E-state index in [0.29, 0.717) is 0 Å². The van der Waals surface area contributed by atoms with Gasteiger partial charge in [-0.2, -0.15) is 0 Å². The lowest BCUT2D eigenvalue weighted by atomic mass is 9.79. The Bertz CT molecular complexity index is 3070. The van der Waals surface area contributed by atoms with E-state index in [9.17, 15) is 0 Å². The molecule has 0 radical (unpaired) electrons. The minimum absolute atomic E-state index is 0.167. The predicted molar refractivity (Wildman–Crippen MR) is 243 cm³/mol. The SMILES string of the molecule is CC1(C)c2cc(-c3ccc4c(c3)C(C)(C)c3cc(-c5c6ccccc6nc6ccccc56)ccc3-4)ccc2-c2ccc(-c3c4ccccc4nc4ccccc34)cc21. The van der Waals surface area contributed by atoms with Crippen molar-refractivity contribution in [1.29, 1.82) is 0 Å². The van der Waals surface area contributed by atoms with Crippen LogP contribution in [-0.2, 0) is 10.8 Å². The van der Waals surface area contributed by atoms with E-state index in [4.69, 9.17) is 9.97 Å². The molecule has 2 aliphatic carbocycles. The molecule has 0 fully saturated rings. The van der Waals surface area contributed by atoms with E-state index >= 15 is 0 Å². The highest BCUT2D eigenvalue weighted by Crippen LogP contribution is 2.54. The molecule has 2 heteroatoms. The fraction of sp³-hybridized carbons (Fsp3) is 0.107. The molecule has 0 amide bonds. The zero-order valence-corrected chi connectivity index (χ0v) is 33.1. The van der Waals surface area contributed by atoms with E-state index in [-0.39, 0.29) is 10.8 Å². The third-order valence-corrected chi connectivity index (χ3v) is 13.4. The maximum atomic E-state index is 5.01. The van der Waals surface area contributed by atoms with Crippen LogP contribution < -0.4 is 0 Å². The lowest BCUT2D eigenvalue weighted by Crippen LogP contribution is -2.15. The molecule has 10 aromatic rings. The van der Waals surface area contributed by atoms with Crippen LogP contribution in [0, 0.1) is 0 Å². The summed E-state index contributed by atoms with van der Waals surface area (Å²) in [5, 5.41) is 4.76. The molecule has 0 atom stereocenters. The van der Waals surface area contributed by atoms with Crippen molar-refractivity contribution in [2.45, 2.75) is 38.5 Å². The van der Waals surface area contributed by atoms with Gasteiger partial charge in [-0.1, -0.05) is 149 Å². The van der Waals surface area contributed by atoms with Crippen LogP contribution in [0.1, 0.15) is 49.9 Å². The number of pyridine rings is 2. The average Bonchev–Trinajstić information content (AvgIpc) is 3.62. The molecule has 2 heterocycles. The van der Waals surface area contributed by atoms with Gasteiger partial charge < -0.3 is 0 Å². The van der Waals surface area contributed by atoms with E-state index in [1.54, 1.807) is 0 Å². The van der Waals surface area contributed by atoms with Crippen LogP contribution in [0.4, 0.5) is 0 Å². The Balaban J connectivity index is 0.934. The smallest absolute Gasteiger partial charge is 0.0715 e. The lowest BCUT2D eigenvalue weighted by Gasteiger charge is -2.24. The van der Waals surface area contributed by atoms with E-state index < -0.39 is 0 Å². The van der Waals surface area contributed by atoms with E-state index in [0.717, 1.165) is 22.1 Å². The monoisotopic (exact) mass is 740 g/mol. The van der Waals surface area contributed by atoms with Gasteiger partial charge in [-0.25, -0.2) is 9.97 Å². The lowest BCUT2D eigenvalue weighted by molar-refractivity contribution is 0.660. The van der Waals surface area contributed by atoms with Gasteiger partial charge >= 0.3 is 0 Å². The van der Waals surface area contributed by atoms with Crippen molar-refractivity contribution in [3.8, 4) is 55.6 Å². The molecule has 8 aromatic carbocycles. The Morgan fingerprint density at radius 2 is 0.552 bits per heavy atom. The van der Waals surface area contributed by atoms with Crippen molar-refractivity contribution in [2.75, 3.05) is 0 Å². The minimum Gasteiger partial charge on any atom is -0.248 e. The van der Waals surface area contributed by atoms with Crippen LogP contribution in [0.25, 0.3) is 99.2 Å². The van der Waals surface area contributed by atoms with Gasteiger partial charge in [0, 0.05) is 43.5 Å².